The molecule has 2 heterocycles. The molecule has 0 fully saturated rings. The van der Waals surface area contributed by atoms with Crippen molar-refractivity contribution in [2.45, 2.75) is 26.3 Å². The van der Waals surface area contributed by atoms with Gasteiger partial charge in [0.2, 0.25) is 11.7 Å². The summed E-state index contributed by atoms with van der Waals surface area (Å²) >= 11 is 0. The lowest BCUT2D eigenvalue weighted by Crippen LogP contribution is -2.27. The number of H-pyrrole nitrogens is 1. The monoisotopic (exact) mass is 250 g/mol. The lowest BCUT2D eigenvalue weighted by atomic mass is 10.2. The smallest absolute Gasteiger partial charge is 0.291 e. The fraction of sp³-hybridized carbons (Fsp3) is 0.500. The van der Waals surface area contributed by atoms with Crippen LogP contribution in [0.4, 0.5) is 0 Å². The first-order chi connectivity index (χ1) is 8.58. The Morgan fingerprint density at radius 1 is 1.56 bits per heavy atom. The summed E-state index contributed by atoms with van der Waals surface area (Å²) in [6.45, 7) is 4.18. The van der Waals surface area contributed by atoms with Crippen LogP contribution in [0.15, 0.2) is 10.9 Å². The SMILES string of the molecule is CC(C)c1noc(CN(C)C(=O)c2ncn[nH]2)n1. The second-order valence-electron chi connectivity index (χ2n) is 4.20. The van der Waals surface area contributed by atoms with E-state index in [1.54, 1.807) is 7.05 Å². The van der Waals surface area contributed by atoms with Gasteiger partial charge in [-0.05, 0) is 0 Å². The Balaban J connectivity index is 2.02. The van der Waals surface area contributed by atoms with Crippen molar-refractivity contribution in [1.29, 1.82) is 0 Å². The van der Waals surface area contributed by atoms with E-state index in [0.717, 1.165) is 0 Å². The number of carbonyl (C=O) groups is 1. The van der Waals surface area contributed by atoms with Crippen LogP contribution in [0.3, 0.4) is 0 Å². The molecule has 18 heavy (non-hydrogen) atoms. The third-order valence-electron chi connectivity index (χ3n) is 2.34. The first-order valence-electron chi connectivity index (χ1n) is 5.51. The van der Waals surface area contributed by atoms with Gasteiger partial charge in [0.25, 0.3) is 5.91 Å². The van der Waals surface area contributed by atoms with Gasteiger partial charge in [-0.1, -0.05) is 19.0 Å². The molecule has 2 rings (SSSR count). The van der Waals surface area contributed by atoms with Crippen molar-refractivity contribution in [2.75, 3.05) is 7.05 Å². The lowest BCUT2D eigenvalue weighted by molar-refractivity contribution is 0.0758. The Kier molecular flexibility index (Phi) is 3.35. The number of carbonyl (C=O) groups excluding carboxylic acids is 1. The zero-order valence-corrected chi connectivity index (χ0v) is 10.4. The number of hydrogen-bond acceptors (Lipinski definition) is 6. The summed E-state index contributed by atoms with van der Waals surface area (Å²) in [5, 5.41) is 9.96. The topological polar surface area (TPSA) is 101 Å². The molecule has 8 nitrogen and oxygen atoms in total. The molecule has 96 valence electrons. The standard InChI is InChI=1S/C10H14N6O2/c1-6(2)8-13-7(18-15-8)4-16(3)10(17)9-11-5-12-14-9/h5-6H,4H2,1-3H3,(H,11,12,14). The highest BCUT2D eigenvalue weighted by Crippen LogP contribution is 2.11. The van der Waals surface area contributed by atoms with E-state index in [2.05, 4.69) is 25.3 Å². The van der Waals surface area contributed by atoms with E-state index in [4.69, 9.17) is 4.52 Å². The number of amides is 1. The minimum absolute atomic E-state index is 0.182. The molecule has 1 N–H and O–H groups in total. The normalized spacial score (nSPS) is 10.9. The van der Waals surface area contributed by atoms with Gasteiger partial charge in [0.1, 0.15) is 12.9 Å². The Labute approximate surface area is 103 Å². The fourth-order valence-corrected chi connectivity index (χ4v) is 1.33. The average Bonchev–Trinajstić information content (AvgIpc) is 2.98. The highest BCUT2D eigenvalue weighted by atomic mass is 16.5. The van der Waals surface area contributed by atoms with Crippen LogP contribution < -0.4 is 0 Å². The molecule has 0 aliphatic carbocycles. The molecule has 0 saturated heterocycles. The number of nitrogens with zero attached hydrogens (tertiary/aromatic N) is 5. The minimum Gasteiger partial charge on any atom is -0.337 e. The molecule has 0 aliphatic heterocycles. The summed E-state index contributed by atoms with van der Waals surface area (Å²) in [7, 11) is 1.63. The third-order valence-corrected chi connectivity index (χ3v) is 2.34. The van der Waals surface area contributed by atoms with E-state index in [1.165, 1.54) is 11.2 Å². The molecule has 0 radical (unpaired) electrons. The van der Waals surface area contributed by atoms with Crippen LogP contribution in [-0.4, -0.2) is 43.2 Å². The third kappa shape index (κ3) is 2.53. The molecule has 0 aliphatic rings. The van der Waals surface area contributed by atoms with Crippen molar-refractivity contribution in [2.24, 2.45) is 0 Å². The highest BCUT2D eigenvalue weighted by molar-refractivity contribution is 5.89. The van der Waals surface area contributed by atoms with Crippen molar-refractivity contribution in [3.63, 3.8) is 0 Å². The van der Waals surface area contributed by atoms with E-state index >= 15 is 0 Å². The van der Waals surface area contributed by atoms with Crippen molar-refractivity contribution in [3.05, 3.63) is 23.9 Å². The summed E-state index contributed by atoms with van der Waals surface area (Å²) in [6, 6.07) is 0. The molecule has 0 spiro atoms. The maximum atomic E-state index is 11.9. The molecule has 0 aromatic carbocycles. The summed E-state index contributed by atoms with van der Waals surface area (Å²) < 4.78 is 5.06. The average molecular weight is 250 g/mol. The fourth-order valence-electron chi connectivity index (χ4n) is 1.33. The summed E-state index contributed by atoms with van der Waals surface area (Å²) in [5.41, 5.74) is 0. The van der Waals surface area contributed by atoms with Gasteiger partial charge in [-0.3, -0.25) is 9.89 Å². The van der Waals surface area contributed by atoms with Crippen LogP contribution in [-0.2, 0) is 6.54 Å². The zero-order chi connectivity index (χ0) is 13.1. The van der Waals surface area contributed by atoms with Crippen LogP contribution in [0.25, 0.3) is 0 Å². The van der Waals surface area contributed by atoms with E-state index in [0.29, 0.717) is 11.7 Å². The molecule has 0 bridgehead atoms. The number of aromatic amines is 1. The lowest BCUT2D eigenvalue weighted by Gasteiger charge is -2.12. The predicted octanol–water partition coefficient (Wildman–Crippen LogP) is 0.583. The Bertz CT molecular complexity index is 518. The highest BCUT2D eigenvalue weighted by Gasteiger charge is 2.18. The van der Waals surface area contributed by atoms with Crippen molar-refractivity contribution in [3.8, 4) is 0 Å². The van der Waals surface area contributed by atoms with Crippen molar-refractivity contribution in [1.82, 2.24) is 30.2 Å². The minimum atomic E-state index is -0.281. The number of nitrogens with one attached hydrogen (secondary N) is 1. The molecule has 8 heteroatoms. The van der Waals surface area contributed by atoms with E-state index in [9.17, 15) is 4.79 Å². The largest absolute Gasteiger partial charge is 0.337 e. The first-order valence-corrected chi connectivity index (χ1v) is 5.51. The van der Waals surface area contributed by atoms with Gasteiger partial charge < -0.3 is 9.42 Å². The summed E-state index contributed by atoms with van der Waals surface area (Å²) in [5.74, 6) is 1.12. The van der Waals surface area contributed by atoms with Gasteiger partial charge in [-0.25, -0.2) is 4.98 Å². The van der Waals surface area contributed by atoms with E-state index in [1.807, 2.05) is 13.8 Å². The van der Waals surface area contributed by atoms with Crippen molar-refractivity contribution >= 4 is 5.91 Å². The molecule has 1 amide bonds. The summed E-state index contributed by atoms with van der Waals surface area (Å²) in [6.07, 6.45) is 1.28. The maximum Gasteiger partial charge on any atom is 0.291 e. The number of aromatic nitrogens is 5. The Morgan fingerprint density at radius 3 is 2.89 bits per heavy atom. The van der Waals surface area contributed by atoms with Crippen LogP contribution in [0, 0.1) is 0 Å². The van der Waals surface area contributed by atoms with Gasteiger partial charge in [0.05, 0.1) is 0 Å². The Hall–Kier alpha value is -2.25. The van der Waals surface area contributed by atoms with Crippen LogP contribution >= 0.6 is 0 Å². The van der Waals surface area contributed by atoms with Crippen molar-refractivity contribution < 1.29 is 9.32 Å². The molecule has 2 aromatic heterocycles. The first kappa shape index (κ1) is 12.2. The van der Waals surface area contributed by atoms with Gasteiger partial charge >= 0.3 is 0 Å². The molecule has 0 unspecified atom stereocenters. The molecule has 0 saturated carbocycles. The number of hydrogen-bond donors (Lipinski definition) is 1. The van der Waals surface area contributed by atoms with Crippen LogP contribution in [0.1, 0.15) is 42.1 Å². The summed E-state index contributed by atoms with van der Waals surface area (Å²) in [4.78, 5) is 21.3. The van der Waals surface area contributed by atoms with Crippen LogP contribution in [0.2, 0.25) is 0 Å². The second-order valence-corrected chi connectivity index (χ2v) is 4.20. The number of rotatable bonds is 4. The molecule has 2 aromatic rings. The zero-order valence-electron chi connectivity index (χ0n) is 10.4. The molecular weight excluding hydrogens is 236 g/mol. The van der Waals surface area contributed by atoms with Gasteiger partial charge in [0.15, 0.2) is 5.82 Å². The quantitative estimate of drug-likeness (QED) is 0.851. The Morgan fingerprint density at radius 2 is 2.33 bits per heavy atom. The van der Waals surface area contributed by atoms with E-state index < -0.39 is 0 Å². The van der Waals surface area contributed by atoms with Gasteiger partial charge in [-0.15, -0.1) is 0 Å². The second kappa shape index (κ2) is 4.94. The van der Waals surface area contributed by atoms with Gasteiger partial charge in [0, 0.05) is 13.0 Å². The predicted molar refractivity (Wildman–Crippen MR) is 60.6 cm³/mol. The van der Waals surface area contributed by atoms with Crippen LogP contribution in [0.5, 0.6) is 0 Å². The van der Waals surface area contributed by atoms with Gasteiger partial charge in [-0.2, -0.15) is 10.1 Å². The van der Waals surface area contributed by atoms with E-state index in [-0.39, 0.29) is 24.2 Å². The molecule has 0 atom stereocenters. The molecular formula is C10H14N6O2. The maximum absolute atomic E-state index is 11.9.